The Kier molecular flexibility index (Phi) is 5.59. The van der Waals surface area contributed by atoms with E-state index in [9.17, 15) is 9.59 Å². The molecule has 8 heteroatoms. The van der Waals surface area contributed by atoms with Crippen molar-refractivity contribution >= 4 is 34.4 Å². The molecule has 0 bridgehead atoms. The number of nitrogens with zero attached hydrogens (tertiary/aromatic N) is 4. The molecule has 2 aromatic carbocycles. The molecule has 0 saturated heterocycles. The normalized spacial score (nSPS) is 12.4. The molecule has 0 aliphatic heterocycles. The Morgan fingerprint density at radius 1 is 1.13 bits per heavy atom. The summed E-state index contributed by atoms with van der Waals surface area (Å²) >= 11 is 1.26. The summed E-state index contributed by atoms with van der Waals surface area (Å²) in [5.74, 6) is 0.106. The van der Waals surface area contributed by atoms with E-state index >= 15 is 0 Å². The molecule has 1 atom stereocenters. The minimum Gasteiger partial charge on any atom is -0.465 e. The highest BCUT2D eigenvalue weighted by atomic mass is 32.2. The number of fused-ring (bicyclic) bond motifs is 3. The van der Waals surface area contributed by atoms with Crippen molar-refractivity contribution in [1.82, 2.24) is 19.2 Å². The van der Waals surface area contributed by atoms with E-state index in [1.165, 1.54) is 11.8 Å². The molecule has 0 saturated carbocycles. The number of esters is 1. The van der Waals surface area contributed by atoms with Crippen LogP contribution in [0.1, 0.15) is 25.8 Å². The Morgan fingerprint density at radius 2 is 1.87 bits per heavy atom. The molecule has 30 heavy (non-hydrogen) atoms. The van der Waals surface area contributed by atoms with Crippen LogP contribution in [0.15, 0.2) is 58.5 Å². The molecular weight excluding hydrogens is 400 g/mol. The van der Waals surface area contributed by atoms with E-state index in [1.807, 2.05) is 60.7 Å². The maximum absolute atomic E-state index is 13.3. The van der Waals surface area contributed by atoms with E-state index < -0.39 is 5.25 Å². The highest BCUT2D eigenvalue weighted by Gasteiger charge is 2.22. The second-order valence-electron chi connectivity index (χ2n) is 7.04. The van der Waals surface area contributed by atoms with Crippen molar-refractivity contribution in [2.24, 2.45) is 0 Å². The number of thioether (sulfide) groups is 1. The highest BCUT2D eigenvalue weighted by Crippen LogP contribution is 2.26. The number of rotatable bonds is 6. The molecule has 4 aromatic rings. The van der Waals surface area contributed by atoms with Crippen LogP contribution in [0.25, 0.3) is 22.4 Å². The van der Waals surface area contributed by atoms with Gasteiger partial charge in [-0.3, -0.25) is 14.0 Å². The van der Waals surface area contributed by atoms with Gasteiger partial charge in [-0.15, -0.1) is 10.2 Å². The van der Waals surface area contributed by atoms with E-state index in [0.717, 1.165) is 12.0 Å². The molecule has 0 radical (unpaired) electrons. The van der Waals surface area contributed by atoms with Crippen molar-refractivity contribution in [2.75, 3.05) is 6.61 Å². The van der Waals surface area contributed by atoms with Crippen LogP contribution in [0.2, 0.25) is 0 Å². The van der Waals surface area contributed by atoms with Crippen molar-refractivity contribution in [3.8, 4) is 5.69 Å². The van der Waals surface area contributed by atoms with Crippen LogP contribution < -0.4 is 5.56 Å². The number of aromatic nitrogens is 4. The van der Waals surface area contributed by atoms with Crippen LogP contribution in [-0.4, -0.2) is 37.0 Å². The van der Waals surface area contributed by atoms with Crippen molar-refractivity contribution in [3.63, 3.8) is 0 Å². The highest BCUT2D eigenvalue weighted by molar-refractivity contribution is 8.00. The SMILES string of the molecule is CCCOC(=O)C(C)Sc1nnc2n(-c3ccc(C)cc3)c(=O)c3ccccc3n12. The summed E-state index contributed by atoms with van der Waals surface area (Å²) < 4.78 is 8.63. The summed E-state index contributed by atoms with van der Waals surface area (Å²) in [5.41, 5.74) is 2.34. The number of carbonyl (C=O) groups is 1. The molecule has 0 N–H and O–H groups in total. The molecule has 7 nitrogen and oxygen atoms in total. The van der Waals surface area contributed by atoms with Gasteiger partial charge in [-0.2, -0.15) is 0 Å². The van der Waals surface area contributed by atoms with Gasteiger partial charge in [0.05, 0.1) is 23.2 Å². The molecule has 0 amide bonds. The fourth-order valence-corrected chi connectivity index (χ4v) is 4.06. The Balaban J connectivity index is 1.90. The lowest BCUT2D eigenvalue weighted by atomic mass is 10.2. The molecule has 0 aliphatic carbocycles. The fraction of sp³-hybridized carbons (Fsp3) is 0.273. The Hall–Kier alpha value is -3.13. The number of hydrogen-bond donors (Lipinski definition) is 0. The van der Waals surface area contributed by atoms with Gasteiger partial charge in [0.15, 0.2) is 5.16 Å². The van der Waals surface area contributed by atoms with E-state index in [-0.39, 0.29) is 11.5 Å². The number of hydrogen-bond acceptors (Lipinski definition) is 6. The third kappa shape index (κ3) is 3.59. The van der Waals surface area contributed by atoms with Gasteiger partial charge < -0.3 is 4.74 Å². The van der Waals surface area contributed by atoms with Gasteiger partial charge in [-0.25, -0.2) is 4.57 Å². The van der Waals surface area contributed by atoms with Gasteiger partial charge in [0.25, 0.3) is 5.56 Å². The lowest BCUT2D eigenvalue weighted by Crippen LogP contribution is -2.22. The summed E-state index contributed by atoms with van der Waals surface area (Å²) in [4.78, 5) is 25.5. The van der Waals surface area contributed by atoms with Crippen molar-refractivity contribution in [2.45, 2.75) is 37.6 Å². The van der Waals surface area contributed by atoms with Crippen LogP contribution in [0.5, 0.6) is 0 Å². The molecule has 4 rings (SSSR count). The first-order chi connectivity index (χ1) is 14.5. The maximum atomic E-state index is 13.3. The van der Waals surface area contributed by atoms with Gasteiger partial charge in [0.1, 0.15) is 5.25 Å². The van der Waals surface area contributed by atoms with Crippen molar-refractivity contribution in [1.29, 1.82) is 0 Å². The Bertz CT molecular complexity index is 1280. The second-order valence-corrected chi connectivity index (χ2v) is 8.35. The first-order valence-electron chi connectivity index (χ1n) is 9.80. The first kappa shape index (κ1) is 20.2. The number of ether oxygens (including phenoxy) is 1. The number of carbonyl (C=O) groups excluding carboxylic acids is 1. The summed E-state index contributed by atoms with van der Waals surface area (Å²) in [6.45, 7) is 6.11. The minimum absolute atomic E-state index is 0.165. The van der Waals surface area contributed by atoms with Crippen LogP contribution in [0.3, 0.4) is 0 Å². The van der Waals surface area contributed by atoms with E-state index in [4.69, 9.17) is 4.74 Å². The average Bonchev–Trinajstić information content (AvgIpc) is 3.16. The van der Waals surface area contributed by atoms with E-state index in [2.05, 4.69) is 10.2 Å². The van der Waals surface area contributed by atoms with Gasteiger partial charge in [-0.1, -0.05) is 48.5 Å². The maximum Gasteiger partial charge on any atom is 0.319 e. The van der Waals surface area contributed by atoms with Gasteiger partial charge in [0.2, 0.25) is 5.78 Å². The fourth-order valence-electron chi connectivity index (χ4n) is 3.21. The zero-order chi connectivity index (χ0) is 21.3. The topological polar surface area (TPSA) is 78.5 Å². The molecule has 0 spiro atoms. The van der Waals surface area contributed by atoms with Crippen molar-refractivity contribution < 1.29 is 9.53 Å². The molecule has 0 aliphatic rings. The summed E-state index contributed by atoms with van der Waals surface area (Å²) in [7, 11) is 0. The Labute approximate surface area is 177 Å². The molecule has 0 fully saturated rings. The predicted octanol–water partition coefficient (Wildman–Crippen LogP) is 3.78. The summed E-state index contributed by atoms with van der Waals surface area (Å²) in [5, 5.41) is 9.23. The zero-order valence-electron chi connectivity index (χ0n) is 17.0. The number of aryl methyl sites for hydroxylation is 1. The van der Waals surface area contributed by atoms with E-state index in [1.54, 1.807) is 17.6 Å². The van der Waals surface area contributed by atoms with Crippen LogP contribution in [-0.2, 0) is 9.53 Å². The largest absolute Gasteiger partial charge is 0.465 e. The monoisotopic (exact) mass is 422 g/mol. The molecule has 2 aromatic heterocycles. The summed E-state index contributed by atoms with van der Waals surface area (Å²) in [6, 6.07) is 15.0. The molecule has 154 valence electrons. The standard InChI is InChI=1S/C22H22N4O3S/c1-4-13-29-20(28)15(3)30-22-24-23-21-25(16-11-9-14(2)10-12-16)19(27)17-7-5-6-8-18(17)26(21)22/h5-12,15H,4,13H2,1-3H3. The Morgan fingerprint density at radius 3 is 2.60 bits per heavy atom. The smallest absolute Gasteiger partial charge is 0.319 e. The number of para-hydroxylation sites is 1. The molecular formula is C22H22N4O3S. The van der Waals surface area contributed by atoms with Crippen LogP contribution >= 0.6 is 11.8 Å². The van der Waals surface area contributed by atoms with E-state index in [0.29, 0.717) is 34.1 Å². The zero-order valence-corrected chi connectivity index (χ0v) is 17.8. The third-order valence-corrected chi connectivity index (χ3v) is 5.77. The first-order valence-corrected chi connectivity index (χ1v) is 10.7. The third-order valence-electron chi connectivity index (χ3n) is 4.75. The molecule has 1 unspecified atom stereocenters. The van der Waals surface area contributed by atoms with Crippen LogP contribution in [0, 0.1) is 6.92 Å². The number of benzene rings is 2. The lowest BCUT2D eigenvalue weighted by molar-refractivity contribution is -0.142. The predicted molar refractivity (Wildman–Crippen MR) is 117 cm³/mol. The van der Waals surface area contributed by atoms with Crippen LogP contribution in [0.4, 0.5) is 0 Å². The van der Waals surface area contributed by atoms with Gasteiger partial charge in [0, 0.05) is 0 Å². The van der Waals surface area contributed by atoms with Gasteiger partial charge in [-0.05, 0) is 44.5 Å². The molecule has 2 heterocycles. The van der Waals surface area contributed by atoms with Crippen molar-refractivity contribution in [3.05, 3.63) is 64.4 Å². The summed E-state index contributed by atoms with van der Waals surface area (Å²) in [6.07, 6.45) is 0.768. The average molecular weight is 423 g/mol. The van der Waals surface area contributed by atoms with Gasteiger partial charge >= 0.3 is 5.97 Å². The second kappa shape index (κ2) is 8.31. The quantitative estimate of drug-likeness (QED) is 0.348. The lowest BCUT2D eigenvalue weighted by Gasteiger charge is -2.13. The minimum atomic E-state index is -0.456.